The Morgan fingerprint density at radius 1 is 1.35 bits per heavy atom. The summed E-state index contributed by atoms with van der Waals surface area (Å²) in [5.74, 6) is 1.64. The fourth-order valence-corrected chi connectivity index (χ4v) is 3.69. The van der Waals surface area contributed by atoms with Crippen LogP contribution in [0.4, 0.5) is 5.95 Å². The Balaban J connectivity index is 1.26. The average molecular weight is 357 g/mol. The molecule has 26 heavy (non-hydrogen) atoms. The number of aryl methyl sites for hydroxylation is 2. The van der Waals surface area contributed by atoms with E-state index >= 15 is 0 Å². The van der Waals surface area contributed by atoms with Gasteiger partial charge in [0.05, 0.1) is 25.4 Å². The number of aromatic nitrogens is 3. The summed E-state index contributed by atoms with van der Waals surface area (Å²) >= 11 is 0. The van der Waals surface area contributed by atoms with Gasteiger partial charge in [-0.25, -0.2) is 9.97 Å². The zero-order valence-electron chi connectivity index (χ0n) is 15.1. The first kappa shape index (κ1) is 17.0. The van der Waals surface area contributed by atoms with E-state index in [1.165, 1.54) is 0 Å². The SMILES string of the molecule is Cc1noc(C)c1C(=O)N1CC2(CC[C@H](CNc3ncccn3)CO2)C1. The molecule has 0 aromatic carbocycles. The van der Waals surface area contributed by atoms with Crippen molar-refractivity contribution in [3.8, 4) is 0 Å². The van der Waals surface area contributed by atoms with Gasteiger partial charge in [-0.1, -0.05) is 5.16 Å². The van der Waals surface area contributed by atoms with Crippen molar-refractivity contribution in [3.05, 3.63) is 35.5 Å². The Morgan fingerprint density at radius 3 is 2.73 bits per heavy atom. The van der Waals surface area contributed by atoms with Gasteiger partial charge >= 0.3 is 0 Å². The minimum Gasteiger partial charge on any atom is -0.371 e. The van der Waals surface area contributed by atoms with E-state index in [-0.39, 0.29) is 11.5 Å². The molecule has 0 unspecified atom stereocenters. The van der Waals surface area contributed by atoms with Crippen molar-refractivity contribution < 1.29 is 14.1 Å². The highest BCUT2D eigenvalue weighted by Gasteiger charge is 2.49. The van der Waals surface area contributed by atoms with Crippen LogP contribution in [0.5, 0.6) is 0 Å². The fraction of sp³-hybridized carbons (Fsp3) is 0.556. The lowest BCUT2D eigenvalue weighted by Crippen LogP contribution is -2.66. The quantitative estimate of drug-likeness (QED) is 0.892. The summed E-state index contributed by atoms with van der Waals surface area (Å²) in [5, 5.41) is 7.12. The molecule has 1 spiro atoms. The molecule has 1 atom stereocenters. The number of carbonyl (C=O) groups excluding carboxylic acids is 1. The van der Waals surface area contributed by atoms with Gasteiger partial charge in [-0.3, -0.25) is 4.79 Å². The van der Waals surface area contributed by atoms with E-state index in [0.717, 1.165) is 19.4 Å². The zero-order valence-corrected chi connectivity index (χ0v) is 15.1. The van der Waals surface area contributed by atoms with E-state index in [1.54, 1.807) is 32.3 Å². The molecular weight excluding hydrogens is 334 g/mol. The monoisotopic (exact) mass is 357 g/mol. The largest absolute Gasteiger partial charge is 0.371 e. The Morgan fingerprint density at radius 2 is 2.12 bits per heavy atom. The predicted octanol–water partition coefficient (Wildman–Crippen LogP) is 1.81. The molecule has 1 amide bonds. The predicted molar refractivity (Wildman–Crippen MR) is 93.8 cm³/mol. The maximum atomic E-state index is 12.6. The molecule has 2 fully saturated rings. The number of ether oxygens (including phenoxy) is 1. The highest BCUT2D eigenvalue weighted by Crippen LogP contribution is 2.37. The van der Waals surface area contributed by atoms with Crippen molar-refractivity contribution in [2.24, 2.45) is 5.92 Å². The molecule has 4 heterocycles. The second-order valence-electron chi connectivity index (χ2n) is 7.21. The van der Waals surface area contributed by atoms with Crippen LogP contribution in [-0.4, -0.2) is 57.8 Å². The van der Waals surface area contributed by atoms with Crippen LogP contribution in [0.3, 0.4) is 0 Å². The maximum Gasteiger partial charge on any atom is 0.259 e. The number of nitrogens with one attached hydrogen (secondary N) is 1. The van der Waals surface area contributed by atoms with Gasteiger partial charge in [-0.15, -0.1) is 0 Å². The molecule has 2 aromatic rings. The number of hydrogen-bond acceptors (Lipinski definition) is 7. The summed E-state index contributed by atoms with van der Waals surface area (Å²) in [4.78, 5) is 22.8. The molecule has 0 aliphatic carbocycles. The Kier molecular flexibility index (Phi) is 4.36. The van der Waals surface area contributed by atoms with Crippen LogP contribution < -0.4 is 5.32 Å². The van der Waals surface area contributed by atoms with E-state index in [4.69, 9.17) is 9.26 Å². The van der Waals surface area contributed by atoms with Gasteiger partial charge in [0.25, 0.3) is 5.91 Å². The molecule has 8 nitrogen and oxygen atoms in total. The number of rotatable bonds is 4. The van der Waals surface area contributed by atoms with E-state index in [9.17, 15) is 4.79 Å². The van der Waals surface area contributed by atoms with Gasteiger partial charge < -0.3 is 19.5 Å². The third-order valence-electron chi connectivity index (χ3n) is 5.24. The minimum atomic E-state index is -0.186. The average Bonchev–Trinajstić information content (AvgIpc) is 2.97. The molecule has 2 saturated heterocycles. The lowest BCUT2D eigenvalue weighted by molar-refractivity contribution is -0.165. The third-order valence-corrected chi connectivity index (χ3v) is 5.24. The fourth-order valence-electron chi connectivity index (χ4n) is 3.69. The number of likely N-dealkylation sites (tertiary alicyclic amines) is 1. The number of nitrogens with zero attached hydrogens (tertiary/aromatic N) is 4. The highest BCUT2D eigenvalue weighted by atomic mass is 16.5. The van der Waals surface area contributed by atoms with Gasteiger partial charge in [0.15, 0.2) is 0 Å². The summed E-state index contributed by atoms with van der Waals surface area (Å²) in [6, 6.07) is 1.80. The van der Waals surface area contributed by atoms with Gasteiger partial charge in [0.1, 0.15) is 16.9 Å². The number of hydrogen-bond donors (Lipinski definition) is 1. The van der Waals surface area contributed by atoms with E-state index in [0.29, 0.717) is 48.6 Å². The minimum absolute atomic E-state index is 0.0134. The molecule has 2 aromatic heterocycles. The normalized spacial score (nSPS) is 21.5. The Labute approximate surface area is 151 Å². The molecule has 8 heteroatoms. The summed E-state index contributed by atoms with van der Waals surface area (Å²) in [6.45, 7) is 6.32. The summed E-state index contributed by atoms with van der Waals surface area (Å²) < 4.78 is 11.3. The van der Waals surface area contributed by atoms with Gasteiger partial charge in [-0.2, -0.15) is 0 Å². The molecule has 138 valence electrons. The third kappa shape index (κ3) is 3.16. The molecule has 2 aliphatic rings. The number of carbonyl (C=O) groups is 1. The summed E-state index contributed by atoms with van der Waals surface area (Å²) in [5.41, 5.74) is 1.04. The van der Waals surface area contributed by atoms with Crippen molar-refractivity contribution in [1.82, 2.24) is 20.0 Å². The van der Waals surface area contributed by atoms with E-state index in [2.05, 4.69) is 20.4 Å². The molecule has 2 aliphatic heterocycles. The van der Waals surface area contributed by atoms with Crippen LogP contribution in [0.25, 0.3) is 0 Å². The Bertz CT molecular complexity index is 756. The van der Waals surface area contributed by atoms with Crippen molar-refractivity contribution in [2.45, 2.75) is 32.3 Å². The molecule has 0 radical (unpaired) electrons. The van der Waals surface area contributed by atoms with E-state index < -0.39 is 0 Å². The number of amides is 1. The molecule has 4 rings (SSSR count). The summed E-state index contributed by atoms with van der Waals surface area (Å²) in [6.07, 6.45) is 5.47. The topological polar surface area (TPSA) is 93.4 Å². The van der Waals surface area contributed by atoms with Crippen LogP contribution >= 0.6 is 0 Å². The zero-order chi connectivity index (χ0) is 18.1. The second kappa shape index (κ2) is 6.68. The van der Waals surface area contributed by atoms with Crippen LogP contribution in [-0.2, 0) is 4.74 Å². The van der Waals surface area contributed by atoms with E-state index in [1.807, 2.05) is 4.90 Å². The van der Waals surface area contributed by atoms with Crippen LogP contribution in [0.15, 0.2) is 23.0 Å². The smallest absolute Gasteiger partial charge is 0.259 e. The molecule has 0 saturated carbocycles. The van der Waals surface area contributed by atoms with Gasteiger partial charge in [0, 0.05) is 18.9 Å². The highest BCUT2D eigenvalue weighted by molar-refractivity contribution is 5.96. The molecule has 1 N–H and O–H groups in total. The van der Waals surface area contributed by atoms with Crippen molar-refractivity contribution >= 4 is 11.9 Å². The van der Waals surface area contributed by atoms with Gasteiger partial charge in [0.2, 0.25) is 5.95 Å². The van der Waals surface area contributed by atoms with Gasteiger partial charge in [-0.05, 0) is 38.7 Å². The molecular formula is C18H23N5O3. The Hall–Kier alpha value is -2.48. The lowest BCUT2D eigenvalue weighted by atomic mass is 9.82. The lowest BCUT2D eigenvalue weighted by Gasteiger charge is -2.52. The first-order valence-electron chi connectivity index (χ1n) is 8.93. The first-order valence-corrected chi connectivity index (χ1v) is 8.93. The standard InChI is InChI=1S/C18H23N5O3/c1-12-15(13(2)26-22-12)16(24)23-10-18(11-23)5-4-14(9-25-18)8-21-17-19-6-3-7-20-17/h3,6-7,14H,4-5,8-11H2,1-2H3,(H,19,20,21)/t14-/m1/s1. The first-order chi connectivity index (χ1) is 12.6. The second-order valence-corrected chi connectivity index (χ2v) is 7.21. The maximum absolute atomic E-state index is 12.6. The van der Waals surface area contributed by atoms with Crippen LogP contribution in [0.1, 0.15) is 34.7 Å². The van der Waals surface area contributed by atoms with Crippen molar-refractivity contribution in [3.63, 3.8) is 0 Å². The number of anilines is 1. The van der Waals surface area contributed by atoms with Crippen LogP contribution in [0.2, 0.25) is 0 Å². The summed E-state index contributed by atoms with van der Waals surface area (Å²) in [7, 11) is 0. The van der Waals surface area contributed by atoms with Crippen LogP contribution in [0, 0.1) is 19.8 Å². The molecule has 0 bridgehead atoms. The van der Waals surface area contributed by atoms with Crippen molar-refractivity contribution in [2.75, 3.05) is 31.6 Å². The van der Waals surface area contributed by atoms with Crippen molar-refractivity contribution in [1.29, 1.82) is 0 Å².